The van der Waals surface area contributed by atoms with Crippen molar-refractivity contribution in [2.45, 2.75) is 25.7 Å². The molecule has 140 valence electrons. The predicted molar refractivity (Wildman–Crippen MR) is 111 cm³/mol. The van der Waals surface area contributed by atoms with Gasteiger partial charge in [0.05, 0.1) is 18.8 Å². The van der Waals surface area contributed by atoms with Gasteiger partial charge in [0.15, 0.2) is 0 Å². The molecule has 2 N–H and O–H groups in total. The fraction of sp³-hybridized carbons (Fsp3) is 0.250. The molecule has 0 aliphatic rings. The van der Waals surface area contributed by atoms with Crippen LogP contribution in [0, 0.1) is 5.92 Å². The normalized spacial score (nSPS) is 14.3. The number of hydrogen-bond acceptors (Lipinski definition) is 3. The summed E-state index contributed by atoms with van der Waals surface area (Å²) in [6.45, 7) is 3.03. The minimum absolute atomic E-state index is 0.0627. The van der Waals surface area contributed by atoms with Crippen LogP contribution in [0.3, 0.4) is 0 Å². The Labute approximate surface area is 161 Å². The maximum absolute atomic E-state index is 10.8. The summed E-state index contributed by atoms with van der Waals surface area (Å²) in [5, 5.41) is 14.1. The van der Waals surface area contributed by atoms with Crippen molar-refractivity contribution in [3.63, 3.8) is 0 Å². The van der Waals surface area contributed by atoms with Crippen molar-refractivity contribution in [3.8, 4) is 0 Å². The highest BCUT2D eigenvalue weighted by Crippen LogP contribution is 2.29. The van der Waals surface area contributed by atoms with E-state index in [2.05, 4.69) is 29.6 Å². The number of ether oxygens (including phenoxy) is 1. The number of nitrogens with one attached hydrogen (secondary N) is 1. The van der Waals surface area contributed by atoms with Crippen molar-refractivity contribution in [2.24, 2.45) is 5.92 Å². The molecule has 0 radical (unpaired) electrons. The quantitative estimate of drug-likeness (QED) is 0.560. The first kappa shape index (κ1) is 19.2. The Morgan fingerprint density at radius 3 is 2.00 bits per heavy atom. The lowest BCUT2D eigenvalue weighted by Crippen LogP contribution is -2.31. The van der Waals surface area contributed by atoms with Crippen LogP contribution in [0.15, 0.2) is 91.0 Å². The van der Waals surface area contributed by atoms with E-state index in [9.17, 15) is 5.11 Å². The van der Waals surface area contributed by atoms with Gasteiger partial charge in [-0.2, -0.15) is 0 Å². The van der Waals surface area contributed by atoms with Crippen LogP contribution in [0.5, 0.6) is 0 Å². The zero-order valence-corrected chi connectivity index (χ0v) is 15.7. The zero-order chi connectivity index (χ0) is 18.9. The van der Waals surface area contributed by atoms with Gasteiger partial charge in [0.1, 0.15) is 0 Å². The number of rotatable bonds is 9. The molecule has 3 aromatic carbocycles. The van der Waals surface area contributed by atoms with Crippen molar-refractivity contribution in [3.05, 3.63) is 102 Å². The molecule has 0 unspecified atom stereocenters. The first-order valence-corrected chi connectivity index (χ1v) is 9.41. The van der Waals surface area contributed by atoms with Gasteiger partial charge in [-0.25, -0.2) is 0 Å². The molecule has 0 saturated carbocycles. The highest BCUT2D eigenvalue weighted by atomic mass is 16.5. The summed E-state index contributed by atoms with van der Waals surface area (Å²) in [7, 11) is 0. The Bertz CT molecular complexity index is 777. The lowest BCUT2D eigenvalue weighted by molar-refractivity contribution is -0.0367. The molecule has 3 aromatic rings. The molecule has 0 spiro atoms. The van der Waals surface area contributed by atoms with Crippen LogP contribution in [0.25, 0.3) is 0 Å². The molecular weight excluding hydrogens is 334 g/mol. The number of hydrogen-bond donors (Lipinski definition) is 2. The minimum Gasteiger partial charge on any atom is -0.391 e. The van der Waals surface area contributed by atoms with Crippen LogP contribution in [-0.2, 0) is 11.3 Å². The van der Waals surface area contributed by atoms with Gasteiger partial charge in [-0.3, -0.25) is 0 Å². The summed E-state index contributed by atoms with van der Waals surface area (Å²) in [6.07, 6.45) is -0.717. The molecule has 0 aliphatic heterocycles. The Kier molecular flexibility index (Phi) is 7.03. The topological polar surface area (TPSA) is 41.5 Å². The van der Waals surface area contributed by atoms with Gasteiger partial charge in [-0.1, -0.05) is 85.8 Å². The van der Waals surface area contributed by atoms with E-state index in [1.54, 1.807) is 0 Å². The molecule has 0 amide bonds. The monoisotopic (exact) mass is 361 g/mol. The van der Waals surface area contributed by atoms with E-state index in [4.69, 9.17) is 4.74 Å². The summed E-state index contributed by atoms with van der Waals surface area (Å²) in [5.74, 6) is -0.0627. The van der Waals surface area contributed by atoms with E-state index in [1.807, 2.05) is 73.7 Å². The fourth-order valence-corrected chi connectivity index (χ4v) is 3.12. The molecule has 3 heteroatoms. The Hall–Kier alpha value is -2.62. The third kappa shape index (κ3) is 5.68. The third-order valence-corrected chi connectivity index (χ3v) is 4.77. The zero-order valence-electron chi connectivity index (χ0n) is 15.7. The van der Waals surface area contributed by atoms with Crippen molar-refractivity contribution < 1.29 is 9.84 Å². The number of benzene rings is 3. The molecule has 0 saturated heterocycles. The van der Waals surface area contributed by atoms with Gasteiger partial charge in [0, 0.05) is 18.2 Å². The Morgan fingerprint density at radius 1 is 0.815 bits per heavy atom. The number of aliphatic hydroxyl groups excluding tert-OH is 1. The van der Waals surface area contributed by atoms with E-state index in [0.29, 0.717) is 13.2 Å². The molecule has 3 rings (SSSR count). The third-order valence-electron chi connectivity index (χ3n) is 4.77. The number of anilines is 1. The van der Waals surface area contributed by atoms with Crippen LogP contribution in [-0.4, -0.2) is 17.8 Å². The van der Waals surface area contributed by atoms with Crippen LogP contribution in [0.1, 0.15) is 24.2 Å². The predicted octanol–water partition coefficient (Wildman–Crippen LogP) is 5.05. The Balaban J connectivity index is 1.67. The van der Waals surface area contributed by atoms with E-state index in [1.165, 1.54) is 0 Å². The average molecular weight is 361 g/mol. The van der Waals surface area contributed by atoms with Gasteiger partial charge in [-0.15, -0.1) is 0 Å². The van der Waals surface area contributed by atoms with Crippen molar-refractivity contribution in [1.29, 1.82) is 0 Å². The van der Waals surface area contributed by atoms with Crippen molar-refractivity contribution in [1.82, 2.24) is 0 Å². The molecular formula is C24H27NO2. The fourth-order valence-electron chi connectivity index (χ4n) is 3.12. The van der Waals surface area contributed by atoms with Gasteiger partial charge in [-0.05, 0) is 23.3 Å². The van der Waals surface area contributed by atoms with Crippen molar-refractivity contribution in [2.75, 3.05) is 11.9 Å². The lowest BCUT2D eigenvalue weighted by Gasteiger charge is -2.29. The second-order valence-corrected chi connectivity index (χ2v) is 6.80. The molecule has 3 nitrogen and oxygen atoms in total. The highest BCUT2D eigenvalue weighted by Gasteiger charge is 2.26. The standard InChI is InChI=1S/C24H27NO2/c1-19(23(26)17-25-22-15-9-4-10-16-22)24(21-13-7-3-8-14-21)27-18-20-11-5-2-6-12-20/h2-16,19,23-26H,17-18H2,1H3/t19-,23-,24+/m0/s1. The van der Waals surface area contributed by atoms with Crippen LogP contribution < -0.4 is 5.32 Å². The van der Waals surface area contributed by atoms with Crippen LogP contribution in [0.2, 0.25) is 0 Å². The second-order valence-electron chi connectivity index (χ2n) is 6.80. The van der Waals surface area contributed by atoms with Crippen LogP contribution in [0.4, 0.5) is 5.69 Å². The summed E-state index contributed by atoms with van der Waals surface area (Å²) < 4.78 is 6.26. The maximum Gasteiger partial charge on any atom is 0.0880 e. The molecule has 0 bridgehead atoms. The Morgan fingerprint density at radius 2 is 1.37 bits per heavy atom. The molecule has 3 atom stereocenters. The molecule has 0 heterocycles. The first-order chi connectivity index (χ1) is 13.2. The van der Waals surface area contributed by atoms with Crippen LogP contribution >= 0.6 is 0 Å². The van der Waals surface area contributed by atoms with Gasteiger partial charge < -0.3 is 15.2 Å². The first-order valence-electron chi connectivity index (χ1n) is 9.41. The molecule has 27 heavy (non-hydrogen) atoms. The van der Waals surface area contributed by atoms with E-state index in [0.717, 1.165) is 16.8 Å². The van der Waals surface area contributed by atoms with Crippen molar-refractivity contribution >= 4 is 5.69 Å². The summed E-state index contributed by atoms with van der Waals surface area (Å²) >= 11 is 0. The van der Waals surface area contributed by atoms with Gasteiger partial charge in [0.2, 0.25) is 0 Å². The smallest absolute Gasteiger partial charge is 0.0880 e. The van der Waals surface area contributed by atoms with E-state index < -0.39 is 6.10 Å². The minimum atomic E-state index is -0.536. The maximum atomic E-state index is 10.8. The number of para-hydroxylation sites is 1. The highest BCUT2D eigenvalue weighted by molar-refractivity contribution is 5.42. The number of aliphatic hydroxyl groups is 1. The largest absolute Gasteiger partial charge is 0.391 e. The molecule has 0 aromatic heterocycles. The van der Waals surface area contributed by atoms with E-state index in [-0.39, 0.29) is 12.0 Å². The van der Waals surface area contributed by atoms with E-state index >= 15 is 0 Å². The molecule has 0 aliphatic carbocycles. The lowest BCUT2D eigenvalue weighted by atomic mass is 9.92. The summed E-state index contributed by atoms with van der Waals surface area (Å²) in [4.78, 5) is 0. The SMILES string of the molecule is C[C@@H]([C@@H](O)CNc1ccccc1)[C@@H](OCc1ccccc1)c1ccccc1. The second kappa shape index (κ2) is 9.91. The average Bonchev–Trinajstić information content (AvgIpc) is 2.74. The van der Waals surface area contributed by atoms with Gasteiger partial charge in [0.25, 0.3) is 0 Å². The van der Waals surface area contributed by atoms with Gasteiger partial charge >= 0.3 is 0 Å². The molecule has 0 fully saturated rings. The summed E-state index contributed by atoms with van der Waals surface area (Å²) in [6, 6.07) is 30.2. The summed E-state index contributed by atoms with van der Waals surface area (Å²) in [5.41, 5.74) is 3.22.